The zero-order valence-corrected chi connectivity index (χ0v) is 31.2. The van der Waals surface area contributed by atoms with Crippen molar-refractivity contribution in [1.29, 1.82) is 0 Å². The molecule has 2 nitrogen and oxygen atoms in total. The van der Waals surface area contributed by atoms with Gasteiger partial charge in [-0.3, -0.25) is 0 Å². The van der Waals surface area contributed by atoms with Crippen LogP contribution in [-0.4, -0.2) is 9.97 Å². The van der Waals surface area contributed by atoms with E-state index in [-0.39, 0.29) is 0 Å². The van der Waals surface area contributed by atoms with Gasteiger partial charge in [-0.25, -0.2) is 9.97 Å². The molecular weight excluding hydrogens is 697 g/mol. The third-order valence-corrected chi connectivity index (χ3v) is 12.5. The Hall–Kier alpha value is -6.94. The highest BCUT2D eigenvalue weighted by molar-refractivity contribution is 7.25. The van der Waals surface area contributed by atoms with E-state index in [2.05, 4.69) is 200 Å². The van der Waals surface area contributed by atoms with Crippen LogP contribution in [0.15, 0.2) is 206 Å². The fourth-order valence-corrected chi connectivity index (χ4v) is 10.0. The molecule has 10 aromatic rings. The Morgan fingerprint density at radius 3 is 1.73 bits per heavy atom. The molecule has 0 bridgehead atoms. The molecule has 0 radical (unpaired) electrons. The molecule has 8 aromatic carbocycles. The minimum Gasteiger partial charge on any atom is -0.228 e. The minimum absolute atomic E-state index is 0.562. The summed E-state index contributed by atoms with van der Waals surface area (Å²) < 4.78 is 2.62. The van der Waals surface area contributed by atoms with Crippen LogP contribution in [0.3, 0.4) is 0 Å². The predicted octanol–water partition coefficient (Wildman–Crippen LogP) is 13.9. The van der Waals surface area contributed by atoms with Gasteiger partial charge in [0.25, 0.3) is 0 Å². The first kappa shape index (κ1) is 32.5. The van der Waals surface area contributed by atoms with Crippen molar-refractivity contribution in [3.8, 4) is 56.2 Å². The van der Waals surface area contributed by atoms with Crippen molar-refractivity contribution in [1.82, 2.24) is 9.97 Å². The summed E-state index contributed by atoms with van der Waals surface area (Å²) in [4.78, 5) is 10.7. The monoisotopic (exact) mass is 730 g/mol. The van der Waals surface area contributed by atoms with E-state index in [1.54, 1.807) is 0 Å². The summed E-state index contributed by atoms with van der Waals surface area (Å²) in [5.41, 5.74) is 14.1. The first-order chi connectivity index (χ1) is 27.8. The van der Waals surface area contributed by atoms with Gasteiger partial charge < -0.3 is 0 Å². The van der Waals surface area contributed by atoms with E-state index in [9.17, 15) is 0 Å². The van der Waals surface area contributed by atoms with Gasteiger partial charge in [0, 0.05) is 36.9 Å². The van der Waals surface area contributed by atoms with Gasteiger partial charge in [0.1, 0.15) is 0 Å². The van der Waals surface area contributed by atoms with Gasteiger partial charge >= 0.3 is 0 Å². The molecule has 0 spiro atoms. The molecule has 3 heteroatoms. The van der Waals surface area contributed by atoms with E-state index in [0.29, 0.717) is 5.82 Å². The van der Waals surface area contributed by atoms with E-state index in [4.69, 9.17) is 9.97 Å². The molecule has 0 unspecified atom stereocenters. The summed E-state index contributed by atoms with van der Waals surface area (Å²) in [6.07, 6.45) is 0. The molecule has 0 saturated heterocycles. The number of hydrogen-bond donors (Lipinski definition) is 0. The molecule has 11 rings (SSSR count). The van der Waals surface area contributed by atoms with E-state index in [1.807, 2.05) is 17.4 Å². The molecule has 0 N–H and O–H groups in total. The van der Waals surface area contributed by atoms with Crippen LogP contribution < -0.4 is 0 Å². The summed E-state index contributed by atoms with van der Waals surface area (Å²) in [6.45, 7) is 0. The smallest absolute Gasteiger partial charge is 0.160 e. The van der Waals surface area contributed by atoms with Gasteiger partial charge in [-0.2, -0.15) is 0 Å². The molecule has 0 saturated carbocycles. The van der Waals surface area contributed by atoms with Crippen molar-refractivity contribution in [2.24, 2.45) is 0 Å². The average molecular weight is 731 g/mol. The van der Waals surface area contributed by atoms with E-state index in [1.165, 1.54) is 59.1 Å². The number of benzene rings is 8. The zero-order chi connectivity index (χ0) is 37.1. The Kier molecular flexibility index (Phi) is 7.61. The molecule has 0 aliphatic heterocycles. The van der Waals surface area contributed by atoms with Crippen molar-refractivity contribution in [2.75, 3.05) is 0 Å². The molecule has 1 aliphatic rings. The molecule has 2 heterocycles. The van der Waals surface area contributed by atoms with Crippen molar-refractivity contribution in [3.63, 3.8) is 0 Å². The maximum atomic E-state index is 5.42. The molecule has 0 atom stereocenters. The fourth-order valence-electron chi connectivity index (χ4n) is 8.93. The molecule has 56 heavy (non-hydrogen) atoms. The summed E-state index contributed by atoms with van der Waals surface area (Å²) in [7, 11) is 0. The van der Waals surface area contributed by atoms with Gasteiger partial charge in [-0.15, -0.1) is 11.3 Å². The lowest BCUT2D eigenvalue weighted by Gasteiger charge is -2.35. The van der Waals surface area contributed by atoms with Crippen LogP contribution in [0.25, 0.3) is 76.3 Å². The quantitative estimate of drug-likeness (QED) is 0.170. The summed E-state index contributed by atoms with van der Waals surface area (Å²) in [5.74, 6) is 0.702. The molecule has 0 fully saturated rings. The Balaban J connectivity index is 1.15. The van der Waals surface area contributed by atoms with Crippen molar-refractivity contribution in [3.05, 3.63) is 229 Å². The molecule has 262 valence electrons. The zero-order valence-electron chi connectivity index (χ0n) is 30.4. The topological polar surface area (TPSA) is 25.8 Å². The van der Waals surface area contributed by atoms with Crippen LogP contribution in [-0.2, 0) is 5.41 Å². The predicted molar refractivity (Wildman–Crippen MR) is 234 cm³/mol. The number of aromatic nitrogens is 2. The van der Waals surface area contributed by atoms with Crippen LogP contribution in [0.4, 0.5) is 0 Å². The maximum absolute atomic E-state index is 5.42. The van der Waals surface area contributed by atoms with Crippen molar-refractivity contribution < 1.29 is 0 Å². The van der Waals surface area contributed by atoms with Gasteiger partial charge in [0.15, 0.2) is 5.82 Å². The largest absolute Gasteiger partial charge is 0.228 e. The summed E-state index contributed by atoms with van der Waals surface area (Å²) in [6, 6.07) is 74.5. The molecular formula is C53H34N2S. The number of nitrogens with zero attached hydrogens (tertiary/aromatic N) is 2. The van der Waals surface area contributed by atoms with Crippen LogP contribution in [0.5, 0.6) is 0 Å². The lowest BCUT2D eigenvalue weighted by atomic mass is 9.66. The lowest BCUT2D eigenvalue weighted by molar-refractivity contribution is 0.769. The molecule has 2 aromatic heterocycles. The average Bonchev–Trinajstić information content (AvgIpc) is 3.81. The third kappa shape index (κ3) is 5.09. The number of fused-ring (bicyclic) bond motifs is 6. The highest BCUT2D eigenvalue weighted by Gasteiger charge is 2.47. The van der Waals surface area contributed by atoms with Crippen LogP contribution >= 0.6 is 11.3 Å². The SMILES string of the molecule is c1ccc(-c2nc(-c3cccc(-c4ccc5sc6ccccc6c5c4)c3)cc(-c3cccc4c3C(c3ccccc3)(c3ccccc3)c3ccccc3-4)n2)cc1. The third-order valence-electron chi connectivity index (χ3n) is 11.4. The highest BCUT2D eigenvalue weighted by Crippen LogP contribution is 2.58. The first-order valence-electron chi connectivity index (χ1n) is 19.1. The normalized spacial score (nSPS) is 12.8. The van der Waals surface area contributed by atoms with E-state index in [0.717, 1.165) is 33.6 Å². The number of rotatable bonds is 6. The second-order valence-electron chi connectivity index (χ2n) is 14.5. The standard InChI is InChI=1S/C53H34N2S/c1-4-16-35(17-5-1)52-54-47(38-19-14-18-36(32-38)37-30-31-50-45(33-37)42-25-11-13-29-49(42)56-50)34-48(55-52)44-27-15-26-43-41-24-10-12-28-46(41)53(51(43)44,39-20-6-2-7-21-39)40-22-8-3-9-23-40/h1-34H. The van der Waals surface area contributed by atoms with Crippen LogP contribution in [0, 0.1) is 0 Å². The molecule has 1 aliphatic carbocycles. The first-order valence-corrected chi connectivity index (χ1v) is 19.9. The summed E-state index contributed by atoms with van der Waals surface area (Å²) >= 11 is 1.85. The van der Waals surface area contributed by atoms with Crippen LogP contribution in [0.2, 0.25) is 0 Å². The van der Waals surface area contributed by atoms with Crippen molar-refractivity contribution in [2.45, 2.75) is 5.41 Å². The highest BCUT2D eigenvalue weighted by atomic mass is 32.1. The Morgan fingerprint density at radius 1 is 0.357 bits per heavy atom. The second-order valence-corrected chi connectivity index (χ2v) is 15.6. The van der Waals surface area contributed by atoms with Gasteiger partial charge in [0.2, 0.25) is 0 Å². The van der Waals surface area contributed by atoms with E-state index < -0.39 is 5.41 Å². The minimum atomic E-state index is -0.562. The van der Waals surface area contributed by atoms with Gasteiger partial charge in [-0.1, -0.05) is 176 Å². The fraction of sp³-hybridized carbons (Fsp3) is 0.0189. The number of hydrogen-bond acceptors (Lipinski definition) is 3. The molecule has 0 amide bonds. The van der Waals surface area contributed by atoms with Crippen molar-refractivity contribution >= 4 is 31.5 Å². The Bertz CT molecular complexity index is 3040. The van der Waals surface area contributed by atoms with Gasteiger partial charge in [-0.05, 0) is 74.8 Å². The van der Waals surface area contributed by atoms with Crippen LogP contribution in [0.1, 0.15) is 22.3 Å². The number of thiophene rings is 1. The maximum Gasteiger partial charge on any atom is 0.160 e. The Labute approximate surface area is 330 Å². The lowest BCUT2D eigenvalue weighted by Crippen LogP contribution is -2.29. The summed E-state index contributed by atoms with van der Waals surface area (Å²) in [5, 5.41) is 2.60. The van der Waals surface area contributed by atoms with Gasteiger partial charge in [0.05, 0.1) is 16.8 Å². The second kappa shape index (κ2) is 13.1. The Morgan fingerprint density at radius 2 is 0.929 bits per heavy atom. The van der Waals surface area contributed by atoms with E-state index >= 15 is 0 Å².